The number of aryl methyl sites for hydroxylation is 2. The van der Waals surface area contributed by atoms with Gasteiger partial charge in [0.2, 0.25) is 0 Å². The second-order valence-corrected chi connectivity index (χ2v) is 8.14. The second kappa shape index (κ2) is 6.55. The van der Waals surface area contributed by atoms with Crippen molar-refractivity contribution in [3.63, 3.8) is 0 Å². The summed E-state index contributed by atoms with van der Waals surface area (Å²) >= 11 is 1.55. The summed E-state index contributed by atoms with van der Waals surface area (Å²) in [4.78, 5) is 28.1. The summed E-state index contributed by atoms with van der Waals surface area (Å²) < 4.78 is 15.2. The van der Waals surface area contributed by atoms with Crippen LogP contribution >= 0.6 is 11.3 Å². The number of hydrogen-bond acceptors (Lipinski definition) is 5. The van der Waals surface area contributed by atoms with E-state index in [-0.39, 0.29) is 5.56 Å². The third-order valence-corrected chi connectivity index (χ3v) is 6.34. The summed E-state index contributed by atoms with van der Waals surface area (Å²) in [7, 11) is 0. The molecular weight excluding hydrogens is 351 g/mol. The van der Waals surface area contributed by atoms with E-state index in [0.717, 1.165) is 15.3 Å². The molecule has 3 aromatic rings. The molecule has 0 aromatic carbocycles. The highest BCUT2D eigenvalue weighted by molar-refractivity contribution is 7.18. The van der Waals surface area contributed by atoms with Crippen LogP contribution in [0.2, 0.25) is 0 Å². The molecule has 0 spiro atoms. The molecule has 0 amide bonds. The molecule has 1 saturated heterocycles. The van der Waals surface area contributed by atoms with Crippen molar-refractivity contribution in [1.29, 1.82) is 0 Å². The first-order valence-electron chi connectivity index (χ1n) is 8.78. The number of piperidine rings is 1. The van der Waals surface area contributed by atoms with Crippen molar-refractivity contribution in [1.82, 2.24) is 19.9 Å². The molecule has 4 heterocycles. The van der Waals surface area contributed by atoms with E-state index in [1.807, 2.05) is 19.9 Å². The number of aromatic amines is 1. The standard InChI is InChI=1S/C19H21FN4OS/c1-12-13(2)26-18-16(12)17(25)22-15(23-18)11-24-9-6-19(20,7-10-24)14-5-3-4-8-21-14/h3-5,8H,6-7,9-11H2,1-2H3,(H,22,23,25). The van der Waals surface area contributed by atoms with Crippen molar-refractivity contribution in [3.05, 3.63) is 56.7 Å². The number of H-pyrrole nitrogens is 1. The van der Waals surface area contributed by atoms with E-state index >= 15 is 4.39 Å². The van der Waals surface area contributed by atoms with Gasteiger partial charge in [0.1, 0.15) is 10.7 Å². The fourth-order valence-electron chi connectivity index (χ4n) is 3.54. The summed E-state index contributed by atoms with van der Waals surface area (Å²) in [5, 5.41) is 0.688. The molecule has 5 nitrogen and oxygen atoms in total. The quantitative estimate of drug-likeness (QED) is 0.765. The lowest BCUT2D eigenvalue weighted by atomic mass is 9.89. The van der Waals surface area contributed by atoms with Gasteiger partial charge in [-0.2, -0.15) is 0 Å². The zero-order valence-electron chi connectivity index (χ0n) is 14.9. The van der Waals surface area contributed by atoms with Crippen LogP contribution < -0.4 is 5.56 Å². The van der Waals surface area contributed by atoms with Gasteiger partial charge < -0.3 is 4.98 Å². The van der Waals surface area contributed by atoms with Crippen LogP contribution in [0.3, 0.4) is 0 Å². The van der Waals surface area contributed by atoms with E-state index in [2.05, 4.69) is 19.9 Å². The number of nitrogens with one attached hydrogen (secondary N) is 1. The van der Waals surface area contributed by atoms with E-state index in [1.54, 1.807) is 29.7 Å². The highest BCUT2D eigenvalue weighted by atomic mass is 32.1. The van der Waals surface area contributed by atoms with Gasteiger partial charge in [-0.25, -0.2) is 9.37 Å². The van der Waals surface area contributed by atoms with E-state index in [4.69, 9.17) is 0 Å². The fourth-order valence-corrected chi connectivity index (χ4v) is 4.58. The molecule has 0 unspecified atom stereocenters. The minimum Gasteiger partial charge on any atom is -0.309 e. The molecule has 1 aliphatic heterocycles. The maximum Gasteiger partial charge on any atom is 0.259 e. The summed E-state index contributed by atoms with van der Waals surface area (Å²) in [5.41, 5.74) is 0.0556. The van der Waals surface area contributed by atoms with Gasteiger partial charge in [0.25, 0.3) is 5.56 Å². The Labute approximate surface area is 154 Å². The highest BCUT2D eigenvalue weighted by Crippen LogP contribution is 2.36. The molecule has 0 atom stereocenters. The third-order valence-electron chi connectivity index (χ3n) is 5.23. The Balaban J connectivity index is 1.50. The van der Waals surface area contributed by atoms with Gasteiger partial charge in [0.15, 0.2) is 5.67 Å². The molecule has 0 bridgehead atoms. The number of hydrogen-bond donors (Lipinski definition) is 1. The van der Waals surface area contributed by atoms with Gasteiger partial charge in [-0.3, -0.25) is 14.7 Å². The van der Waals surface area contributed by atoms with Crippen molar-refractivity contribution in [2.45, 2.75) is 38.9 Å². The van der Waals surface area contributed by atoms with Crippen LogP contribution in [0.25, 0.3) is 10.2 Å². The monoisotopic (exact) mass is 372 g/mol. The molecule has 1 fully saturated rings. The van der Waals surface area contributed by atoms with Gasteiger partial charge in [-0.1, -0.05) is 6.07 Å². The molecular formula is C19H21FN4OS. The second-order valence-electron chi connectivity index (χ2n) is 6.93. The first kappa shape index (κ1) is 17.3. The van der Waals surface area contributed by atoms with E-state index in [0.29, 0.717) is 49.4 Å². The first-order valence-corrected chi connectivity index (χ1v) is 9.59. The minimum absolute atomic E-state index is 0.0859. The Morgan fingerprint density at radius 2 is 2.08 bits per heavy atom. The number of aromatic nitrogens is 3. The van der Waals surface area contributed by atoms with Crippen LogP contribution in [0.15, 0.2) is 29.2 Å². The Morgan fingerprint density at radius 1 is 1.31 bits per heavy atom. The maximum atomic E-state index is 15.2. The Morgan fingerprint density at radius 3 is 2.77 bits per heavy atom. The molecule has 1 N–H and O–H groups in total. The highest BCUT2D eigenvalue weighted by Gasteiger charge is 2.37. The Hall–Kier alpha value is -2.12. The normalized spacial score (nSPS) is 17.7. The molecule has 0 saturated carbocycles. The SMILES string of the molecule is Cc1sc2nc(CN3CCC(F)(c4ccccn4)CC3)[nH]c(=O)c2c1C. The summed E-state index contributed by atoms with van der Waals surface area (Å²) in [5.74, 6) is 0.646. The van der Waals surface area contributed by atoms with Crippen molar-refractivity contribution >= 4 is 21.6 Å². The number of likely N-dealkylation sites (tertiary alicyclic amines) is 1. The molecule has 4 rings (SSSR count). The largest absolute Gasteiger partial charge is 0.309 e. The summed E-state index contributed by atoms with van der Waals surface area (Å²) in [6.45, 7) is 5.70. The van der Waals surface area contributed by atoms with Crippen LogP contribution in [0.4, 0.5) is 4.39 Å². The van der Waals surface area contributed by atoms with Crippen LogP contribution in [0.5, 0.6) is 0 Å². The van der Waals surface area contributed by atoms with Gasteiger partial charge in [-0.15, -0.1) is 11.3 Å². The lowest BCUT2D eigenvalue weighted by Gasteiger charge is -2.35. The van der Waals surface area contributed by atoms with Crippen molar-refractivity contribution in [2.75, 3.05) is 13.1 Å². The molecule has 3 aromatic heterocycles. The average Bonchev–Trinajstić information content (AvgIpc) is 2.92. The van der Waals surface area contributed by atoms with Gasteiger partial charge in [0.05, 0.1) is 17.6 Å². The average molecular weight is 372 g/mol. The smallest absolute Gasteiger partial charge is 0.259 e. The number of nitrogens with zero attached hydrogens (tertiary/aromatic N) is 3. The lowest BCUT2D eigenvalue weighted by Crippen LogP contribution is -2.40. The van der Waals surface area contributed by atoms with Crippen LogP contribution in [-0.4, -0.2) is 32.9 Å². The number of halogens is 1. The number of alkyl halides is 1. The van der Waals surface area contributed by atoms with Gasteiger partial charge >= 0.3 is 0 Å². The maximum absolute atomic E-state index is 15.2. The molecule has 136 valence electrons. The molecule has 26 heavy (non-hydrogen) atoms. The molecule has 1 aliphatic rings. The third kappa shape index (κ3) is 3.05. The van der Waals surface area contributed by atoms with Crippen molar-refractivity contribution < 1.29 is 4.39 Å². The molecule has 0 radical (unpaired) electrons. The Kier molecular flexibility index (Phi) is 4.36. The predicted molar refractivity (Wildman–Crippen MR) is 101 cm³/mol. The van der Waals surface area contributed by atoms with Gasteiger partial charge in [-0.05, 0) is 44.4 Å². The first-order chi connectivity index (χ1) is 12.5. The van der Waals surface area contributed by atoms with Crippen molar-refractivity contribution in [3.8, 4) is 0 Å². The number of pyridine rings is 1. The zero-order chi connectivity index (χ0) is 18.3. The van der Waals surface area contributed by atoms with E-state index < -0.39 is 5.67 Å². The predicted octanol–water partition coefficient (Wildman–Crippen LogP) is 3.46. The van der Waals surface area contributed by atoms with Crippen LogP contribution in [0.1, 0.15) is 34.8 Å². The topological polar surface area (TPSA) is 61.9 Å². The number of thiophene rings is 1. The zero-order valence-corrected chi connectivity index (χ0v) is 15.7. The van der Waals surface area contributed by atoms with Crippen molar-refractivity contribution in [2.24, 2.45) is 0 Å². The van der Waals surface area contributed by atoms with E-state index in [9.17, 15) is 4.79 Å². The Bertz CT molecular complexity index is 990. The van der Waals surface area contributed by atoms with E-state index in [1.165, 1.54) is 0 Å². The fraction of sp³-hybridized carbons (Fsp3) is 0.421. The lowest BCUT2D eigenvalue weighted by molar-refractivity contribution is 0.0480. The number of rotatable bonds is 3. The summed E-state index contributed by atoms with van der Waals surface area (Å²) in [6.07, 6.45) is 2.43. The number of fused-ring (bicyclic) bond motifs is 1. The molecule has 0 aliphatic carbocycles. The molecule has 7 heteroatoms. The van der Waals surface area contributed by atoms with Crippen LogP contribution in [0, 0.1) is 13.8 Å². The van der Waals surface area contributed by atoms with Gasteiger partial charge in [0, 0.05) is 24.2 Å². The minimum atomic E-state index is -1.37. The van der Waals surface area contributed by atoms with Crippen LogP contribution in [-0.2, 0) is 12.2 Å². The summed E-state index contributed by atoms with van der Waals surface area (Å²) in [6, 6.07) is 5.38.